The van der Waals surface area contributed by atoms with E-state index in [-0.39, 0.29) is 6.04 Å². The molecule has 0 aliphatic heterocycles. The Morgan fingerprint density at radius 2 is 1.11 bits per heavy atom. The van der Waals surface area contributed by atoms with Crippen LogP contribution in [-0.2, 0) is 32.1 Å². The smallest absolute Gasteiger partial charge is 0.125 e. The van der Waals surface area contributed by atoms with Crippen LogP contribution in [0.3, 0.4) is 0 Å². The van der Waals surface area contributed by atoms with Crippen molar-refractivity contribution in [2.75, 3.05) is 48.5 Å². The molecule has 0 fully saturated rings. The summed E-state index contributed by atoms with van der Waals surface area (Å²) in [4.78, 5) is 0. The summed E-state index contributed by atoms with van der Waals surface area (Å²) in [5.41, 5.74) is 14.6. The van der Waals surface area contributed by atoms with Crippen LogP contribution in [0.5, 0.6) is 17.2 Å². The van der Waals surface area contributed by atoms with E-state index < -0.39 is 0 Å². The second-order valence-electron chi connectivity index (χ2n) is 9.98. The highest BCUT2D eigenvalue weighted by Gasteiger charge is 2.17. The van der Waals surface area contributed by atoms with Crippen molar-refractivity contribution in [1.29, 1.82) is 0 Å². The molecule has 206 valence electrons. The Bertz CT molecular complexity index is 1090. The van der Waals surface area contributed by atoms with E-state index >= 15 is 0 Å². The largest absolute Gasteiger partial charge is 0.496 e. The number of ether oxygens (including phenoxy) is 3. The Kier molecular flexibility index (Phi) is 11.5. The minimum atomic E-state index is 0.0583. The van der Waals surface area contributed by atoms with Crippen molar-refractivity contribution < 1.29 is 14.2 Å². The molecule has 38 heavy (non-hydrogen) atoms. The van der Waals surface area contributed by atoms with Crippen LogP contribution in [0.4, 0.5) is 0 Å². The zero-order chi connectivity index (χ0) is 27.5. The molecule has 0 radical (unpaired) electrons. The first-order valence-electron chi connectivity index (χ1n) is 13.5. The fourth-order valence-electron chi connectivity index (χ4n) is 5.04. The molecule has 0 aliphatic carbocycles. The highest BCUT2D eigenvalue weighted by molar-refractivity contribution is 5.52. The monoisotopic (exact) mass is 519 g/mol. The lowest BCUT2D eigenvalue weighted by atomic mass is 9.91. The Morgan fingerprint density at radius 3 is 1.47 bits per heavy atom. The summed E-state index contributed by atoms with van der Waals surface area (Å²) in [5.74, 6) is 2.68. The first-order valence-corrected chi connectivity index (χ1v) is 13.5. The van der Waals surface area contributed by atoms with Crippen molar-refractivity contribution >= 4 is 0 Å². The first kappa shape index (κ1) is 29.5. The second-order valence-corrected chi connectivity index (χ2v) is 9.98. The number of methoxy groups -OCH3 is 3. The zero-order valence-corrected chi connectivity index (χ0v) is 23.9. The summed E-state index contributed by atoms with van der Waals surface area (Å²) in [6, 6.07) is 17.5. The van der Waals surface area contributed by atoms with Gasteiger partial charge in [0, 0.05) is 18.9 Å². The lowest BCUT2D eigenvalue weighted by Gasteiger charge is -2.20. The molecule has 0 saturated carbocycles. The third-order valence-electron chi connectivity index (χ3n) is 6.84. The van der Waals surface area contributed by atoms with Gasteiger partial charge in [-0.1, -0.05) is 36.4 Å². The van der Waals surface area contributed by atoms with Crippen LogP contribution in [0.1, 0.15) is 45.9 Å². The maximum absolute atomic E-state index is 6.24. The van der Waals surface area contributed by atoms with E-state index in [9.17, 15) is 0 Å². The Hall–Kier alpha value is -3.06. The fraction of sp³-hybridized carbons (Fsp3) is 0.438. The van der Waals surface area contributed by atoms with Crippen molar-refractivity contribution in [3.05, 3.63) is 87.5 Å². The van der Waals surface area contributed by atoms with Gasteiger partial charge in [0.15, 0.2) is 0 Å². The van der Waals surface area contributed by atoms with E-state index in [4.69, 9.17) is 19.9 Å². The highest BCUT2D eigenvalue weighted by atomic mass is 16.5. The van der Waals surface area contributed by atoms with Gasteiger partial charge in [-0.15, -0.1) is 0 Å². The van der Waals surface area contributed by atoms with E-state index in [0.29, 0.717) is 12.8 Å². The summed E-state index contributed by atoms with van der Waals surface area (Å²) in [6.45, 7) is 3.91. The van der Waals surface area contributed by atoms with Crippen LogP contribution in [0.25, 0.3) is 0 Å². The van der Waals surface area contributed by atoms with Gasteiger partial charge >= 0.3 is 0 Å². The molecule has 1 atom stereocenters. The van der Waals surface area contributed by atoms with Crippen molar-refractivity contribution in [2.45, 2.75) is 45.1 Å². The minimum Gasteiger partial charge on any atom is -0.496 e. The van der Waals surface area contributed by atoms with Gasteiger partial charge in [-0.2, -0.15) is 0 Å². The van der Waals surface area contributed by atoms with Crippen molar-refractivity contribution in [3.8, 4) is 17.2 Å². The molecule has 0 heterocycles. The molecule has 3 aromatic rings. The topological polar surface area (TPSA) is 77.8 Å². The molecule has 0 spiro atoms. The highest BCUT2D eigenvalue weighted by Crippen LogP contribution is 2.34. The molecule has 1 unspecified atom stereocenters. The van der Waals surface area contributed by atoms with E-state index in [1.54, 1.807) is 21.3 Å². The van der Waals surface area contributed by atoms with Gasteiger partial charge in [0.2, 0.25) is 0 Å². The molecule has 0 aliphatic rings. The predicted octanol–water partition coefficient (Wildman–Crippen LogP) is 4.31. The molecule has 0 aromatic heterocycles. The summed E-state index contributed by atoms with van der Waals surface area (Å²) < 4.78 is 17.6. The van der Waals surface area contributed by atoms with Crippen LogP contribution in [0.2, 0.25) is 0 Å². The summed E-state index contributed by atoms with van der Waals surface area (Å²) in [6.07, 6.45) is 4.13. The predicted molar refractivity (Wildman–Crippen MR) is 157 cm³/mol. The standard InChI is InChI=1S/C32H45N3O3/c1-22(33)15-25-18-28(20-26-16-23(11-13-34-2)7-9-30(26)36-4)32(38-6)29(19-25)21-27-17-24(12-14-35-3)8-10-31(27)37-5/h7-10,16-19,22,34-35H,11-15,20-21,33H2,1-6H3. The maximum Gasteiger partial charge on any atom is 0.125 e. The Labute approximate surface area is 228 Å². The number of benzene rings is 3. The quantitative estimate of drug-likeness (QED) is 0.278. The molecular formula is C32H45N3O3. The van der Waals surface area contributed by atoms with Crippen LogP contribution in [-0.4, -0.2) is 54.6 Å². The summed E-state index contributed by atoms with van der Waals surface area (Å²) in [7, 11) is 9.18. The maximum atomic E-state index is 6.24. The van der Waals surface area contributed by atoms with Crippen LogP contribution >= 0.6 is 0 Å². The van der Waals surface area contributed by atoms with E-state index in [1.807, 2.05) is 21.0 Å². The van der Waals surface area contributed by atoms with Crippen LogP contribution in [0, 0.1) is 0 Å². The van der Waals surface area contributed by atoms with E-state index in [2.05, 4.69) is 59.2 Å². The van der Waals surface area contributed by atoms with Crippen molar-refractivity contribution in [1.82, 2.24) is 10.6 Å². The van der Waals surface area contributed by atoms with Crippen LogP contribution in [0.15, 0.2) is 48.5 Å². The van der Waals surface area contributed by atoms with Gasteiger partial charge in [-0.3, -0.25) is 0 Å². The zero-order valence-electron chi connectivity index (χ0n) is 23.9. The molecule has 0 bridgehead atoms. The number of rotatable bonds is 15. The molecule has 4 N–H and O–H groups in total. The normalized spacial score (nSPS) is 11.9. The Morgan fingerprint density at radius 1 is 0.658 bits per heavy atom. The molecule has 0 amide bonds. The van der Waals surface area contributed by atoms with E-state index in [0.717, 1.165) is 71.9 Å². The van der Waals surface area contributed by atoms with Gasteiger partial charge in [0.1, 0.15) is 17.2 Å². The number of hydrogen-bond donors (Lipinski definition) is 3. The van der Waals surface area contributed by atoms with Crippen LogP contribution < -0.4 is 30.6 Å². The van der Waals surface area contributed by atoms with Gasteiger partial charge in [-0.05, 0) is 104 Å². The molecule has 3 aromatic carbocycles. The SMILES string of the molecule is CNCCc1ccc(OC)c(Cc2cc(CC(C)N)cc(Cc3cc(CCNC)ccc3OC)c2OC)c1. The molecule has 3 rings (SSSR count). The third kappa shape index (κ3) is 7.97. The lowest BCUT2D eigenvalue weighted by molar-refractivity contribution is 0.400. The molecule has 6 nitrogen and oxygen atoms in total. The average molecular weight is 520 g/mol. The number of hydrogen-bond acceptors (Lipinski definition) is 6. The third-order valence-corrected chi connectivity index (χ3v) is 6.84. The van der Waals surface area contributed by atoms with Gasteiger partial charge in [0.05, 0.1) is 21.3 Å². The molecule has 0 saturated heterocycles. The van der Waals surface area contributed by atoms with Gasteiger partial charge in [-0.25, -0.2) is 0 Å². The van der Waals surface area contributed by atoms with Gasteiger partial charge in [0.25, 0.3) is 0 Å². The minimum absolute atomic E-state index is 0.0583. The summed E-state index contributed by atoms with van der Waals surface area (Å²) in [5, 5.41) is 6.47. The Balaban J connectivity index is 2.07. The molecular weight excluding hydrogens is 474 g/mol. The van der Waals surface area contributed by atoms with E-state index in [1.165, 1.54) is 16.7 Å². The van der Waals surface area contributed by atoms with Gasteiger partial charge < -0.3 is 30.6 Å². The second kappa shape index (κ2) is 14.8. The first-order chi connectivity index (χ1) is 18.4. The van der Waals surface area contributed by atoms with Crippen molar-refractivity contribution in [3.63, 3.8) is 0 Å². The number of likely N-dealkylation sites (N-methyl/N-ethyl adjacent to an activating group) is 2. The number of nitrogens with two attached hydrogens (primary N) is 1. The lowest BCUT2D eigenvalue weighted by Crippen LogP contribution is -2.18. The summed E-state index contributed by atoms with van der Waals surface area (Å²) >= 11 is 0. The fourth-order valence-corrected chi connectivity index (χ4v) is 5.04. The number of nitrogens with one attached hydrogen (secondary N) is 2. The average Bonchev–Trinajstić information content (AvgIpc) is 2.90. The van der Waals surface area contributed by atoms with Crippen molar-refractivity contribution in [2.24, 2.45) is 5.73 Å². The molecule has 6 heteroatoms.